The molecule has 0 radical (unpaired) electrons. The number of carbonyl (C=O) groups is 4. The second-order valence-electron chi connectivity index (χ2n) is 12.5. The molecule has 0 saturated carbocycles. The Morgan fingerprint density at radius 1 is 1.00 bits per heavy atom. The molecule has 2 aromatic heterocycles. The third-order valence-electron chi connectivity index (χ3n) is 9.24. The minimum absolute atomic E-state index is 0.0410. The number of piperidine rings is 2. The molecule has 11 nitrogen and oxygen atoms in total. The molecule has 6 rings (SSSR count). The normalized spacial score (nSPS) is 25.7. The lowest BCUT2D eigenvalue weighted by Crippen LogP contribution is -2.64. The molecule has 5 heterocycles. The van der Waals surface area contributed by atoms with Crippen molar-refractivity contribution in [2.45, 2.75) is 64.1 Å². The van der Waals surface area contributed by atoms with E-state index >= 15 is 0 Å². The number of carbonyl (C=O) groups excluding carboxylic acids is 4. The van der Waals surface area contributed by atoms with Gasteiger partial charge in [0.25, 0.3) is 5.91 Å². The molecule has 11 heteroatoms. The summed E-state index contributed by atoms with van der Waals surface area (Å²) < 4.78 is 0. The first kappa shape index (κ1) is 30.4. The third-order valence-corrected chi connectivity index (χ3v) is 9.24. The maximum atomic E-state index is 14.3. The lowest BCUT2D eigenvalue weighted by molar-refractivity contribution is -0.145. The molecule has 3 aromatic rings. The second-order valence-corrected chi connectivity index (χ2v) is 12.5. The van der Waals surface area contributed by atoms with Gasteiger partial charge in [-0.25, -0.2) is 9.97 Å². The van der Waals surface area contributed by atoms with Crippen molar-refractivity contribution in [3.8, 4) is 11.4 Å². The van der Waals surface area contributed by atoms with Crippen LogP contribution in [-0.2, 0) is 20.8 Å². The highest BCUT2D eigenvalue weighted by molar-refractivity contribution is 5.95. The van der Waals surface area contributed by atoms with E-state index in [1.54, 1.807) is 25.5 Å². The zero-order valence-electron chi connectivity index (χ0n) is 25.7. The van der Waals surface area contributed by atoms with Crippen LogP contribution in [0.2, 0.25) is 0 Å². The Morgan fingerprint density at radius 3 is 2.58 bits per heavy atom. The first-order valence-corrected chi connectivity index (χ1v) is 15.7. The van der Waals surface area contributed by atoms with Crippen molar-refractivity contribution < 1.29 is 19.2 Å². The molecular weight excluding hydrogens is 570 g/mol. The van der Waals surface area contributed by atoms with E-state index in [2.05, 4.69) is 25.6 Å². The van der Waals surface area contributed by atoms with Crippen molar-refractivity contribution in [1.82, 2.24) is 35.4 Å². The summed E-state index contributed by atoms with van der Waals surface area (Å²) in [6.07, 6.45) is 7.71. The Labute approximate surface area is 262 Å². The summed E-state index contributed by atoms with van der Waals surface area (Å²) >= 11 is 0. The number of nitrogens with one attached hydrogen (secondary N) is 2. The number of benzene rings is 1. The molecule has 3 saturated heterocycles. The first-order chi connectivity index (χ1) is 21.8. The lowest BCUT2D eigenvalue weighted by atomic mass is 9.77. The molecule has 4 amide bonds. The first-order valence-electron chi connectivity index (χ1n) is 15.7. The molecule has 3 fully saturated rings. The Kier molecular flexibility index (Phi) is 8.86. The van der Waals surface area contributed by atoms with Crippen molar-refractivity contribution in [2.24, 2.45) is 11.8 Å². The van der Waals surface area contributed by atoms with Gasteiger partial charge in [-0.2, -0.15) is 0 Å². The number of aryl methyl sites for hydroxylation is 1. The van der Waals surface area contributed by atoms with Crippen LogP contribution in [0.25, 0.3) is 11.4 Å². The zero-order valence-corrected chi connectivity index (χ0v) is 25.7. The highest BCUT2D eigenvalue weighted by atomic mass is 16.2. The number of nitrogens with zero attached hydrogens (tertiary/aromatic N) is 5. The Bertz CT molecular complexity index is 1570. The van der Waals surface area contributed by atoms with Gasteiger partial charge in [0.05, 0.1) is 11.3 Å². The van der Waals surface area contributed by atoms with Gasteiger partial charge in [0.15, 0.2) is 5.82 Å². The molecule has 0 spiro atoms. The largest absolute Gasteiger partial charge is 0.345 e. The van der Waals surface area contributed by atoms with Crippen LogP contribution in [0.15, 0.2) is 61.1 Å². The minimum Gasteiger partial charge on any atom is -0.345 e. The monoisotopic (exact) mass is 609 g/mol. The van der Waals surface area contributed by atoms with Crippen LogP contribution in [0.1, 0.15) is 54.2 Å². The van der Waals surface area contributed by atoms with Crippen LogP contribution in [0, 0.1) is 18.8 Å². The van der Waals surface area contributed by atoms with E-state index in [0.717, 1.165) is 17.5 Å². The average Bonchev–Trinajstić information content (AvgIpc) is 3.05. The number of amides is 4. The number of fused-ring (bicyclic) bond motifs is 4. The SMILES string of the molecule is Cc1nc(-c2cccnc2)ncc1C(=O)N1C[C@@H]2C[C@H](C1)[C@@H]1CCCC(=O)N[C@H](C)C(=O)N[C@@H](Cc3ccccc3)C(=O)N1C2. The Morgan fingerprint density at radius 2 is 1.82 bits per heavy atom. The zero-order chi connectivity index (χ0) is 31.5. The molecule has 45 heavy (non-hydrogen) atoms. The molecule has 3 aliphatic rings. The maximum absolute atomic E-state index is 14.3. The predicted molar refractivity (Wildman–Crippen MR) is 167 cm³/mol. The summed E-state index contributed by atoms with van der Waals surface area (Å²) in [5.74, 6) is -0.140. The van der Waals surface area contributed by atoms with Crippen molar-refractivity contribution in [1.29, 1.82) is 0 Å². The number of hydrogen-bond acceptors (Lipinski definition) is 7. The molecule has 3 aliphatic heterocycles. The van der Waals surface area contributed by atoms with Gasteiger partial charge in [0, 0.05) is 62.7 Å². The fourth-order valence-electron chi connectivity index (χ4n) is 7.02. The van der Waals surface area contributed by atoms with Crippen LogP contribution in [0.4, 0.5) is 0 Å². The van der Waals surface area contributed by atoms with Crippen molar-refractivity contribution in [3.63, 3.8) is 0 Å². The molecular formula is C34H39N7O4. The maximum Gasteiger partial charge on any atom is 0.257 e. The fraction of sp³-hybridized carbons (Fsp3) is 0.441. The lowest BCUT2D eigenvalue weighted by Gasteiger charge is -2.51. The summed E-state index contributed by atoms with van der Waals surface area (Å²) in [7, 11) is 0. The second kappa shape index (κ2) is 13.1. The highest BCUT2D eigenvalue weighted by Gasteiger charge is 2.45. The summed E-state index contributed by atoms with van der Waals surface area (Å²) in [5.41, 5.74) is 2.79. The molecule has 0 aliphatic carbocycles. The summed E-state index contributed by atoms with van der Waals surface area (Å²) in [6.45, 7) is 4.96. The number of aromatic nitrogens is 3. The number of pyridine rings is 1. The van der Waals surface area contributed by atoms with Crippen molar-refractivity contribution in [3.05, 3.63) is 77.9 Å². The Hall–Kier alpha value is -4.67. The Balaban J connectivity index is 1.24. The smallest absolute Gasteiger partial charge is 0.257 e. The number of hydrogen-bond donors (Lipinski definition) is 2. The summed E-state index contributed by atoms with van der Waals surface area (Å²) in [4.78, 5) is 71.0. The van der Waals surface area contributed by atoms with Crippen LogP contribution in [0.3, 0.4) is 0 Å². The quantitative estimate of drug-likeness (QED) is 0.464. The summed E-state index contributed by atoms with van der Waals surface area (Å²) in [5, 5.41) is 5.72. The fourth-order valence-corrected chi connectivity index (χ4v) is 7.02. The predicted octanol–water partition coefficient (Wildman–Crippen LogP) is 2.55. The van der Waals surface area contributed by atoms with E-state index in [1.807, 2.05) is 59.2 Å². The molecule has 1 aromatic carbocycles. The average molecular weight is 610 g/mol. The van der Waals surface area contributed by atoms with Crippen LogP contribution >= 0.6 is 0 Å². The van der Waals surface area contributed by atoms with Crippen molar-refractivity contribution in [2.75, 3.05) is 19.6 Å². The van der Waals surface area contributed by atoms with Crippen LogP contribution < -0.4 is 10.6 Å². The van der Waals surface area contributed by atoms with Gasteiger partial charge >= 0.3 is 0 Å². The molecule has 2 N–H and O–H groups in total. The minimum atomic E-state index is -0.768. The van der Waals surface area contributed by atoms with E-state index in [0.29, 0.717) is 56.0 Å². The van der Waals surface area contributed by atoms with Crippen LogP contribution in [-0.4, -0.2) is 86.1 Å². The highest BCUT2D eigenvalue weighted by Crippen LogP contribution is 2.37. The van der Waals surface area contributed by atoms with E-state index in [4.69, 9.17) is 0 Å². The molecule has 2 bridgehead atoms. The van der Waals surface area contributed by atoms with Gasteiger partial charge in [-0.3, -0.25) is 24.2 Å². The van der Waals surface area contributed by atoms with Gasteiger partial charge in [0.1, 0.15) is 12.1 Å². The van der Waals surface area contributed by atoms with E-state index < -0.39 is 12.1 Å². The van der Waals surface area contributed by atoms with Gasteiger partial charge in [-0.05, 0) is 62.6 Å². The third kappa shape index (κ3) is 6.72. The van der Waals surface area contributed by atoms with E-state index in [-0.39, 0.29) is 47.9 Å². The van der Waals surface area contributed by atoms with E-state index in [9.17, 15) is 19.2 Å². The van der Waals surface area contributed by atoms with E-state index in [1.165, 1.54) is 0 Å². The molecule has 5 atom stereocenters. The summed E-state index contributed by atoms with van der Waals surface area (Å²) in [6, 6.07) is 11.7. The number of rotatable bonds is 4. The van der Waals surface area contributed by atoms with Crippen molar-refractivity contribution >= 4 is 23.6 Å². The standard InChI is InChI=1S/C34H39N7O4/c1-21-27(17-36-31(38-21)25-10-7-13-35-16-25)33(44)40-18-24-14-26(20-40)29-11-6-12-30(42)37-22(2)32(43)39-28(34(45)41(29)19-24)15-23-8-4-3-5-9-23/h3-5,7-10,13,16-17,22,24,26,28-29H,6,11-12,14-15,18-20H2,1-2H3,(H,37,42)(H,39,43)/t22-,24+,26-,28+,29+/m1/s1. The van der Waals surface area contributed by atoms with Gasteiger partial charge in [0.2, 0.25) is 17.7 Å². The van der Waals surface area contributed by atoms with Gasteiger partial charge in [-0.15, -0.1) is 0 Å². The molecule has 234 valence electrons. The molecule has 0 unspecified atom stereocenters. The van der Waals surface area contributed by atoms with Gasteiger partial charge in [-0.1, -0.05) is 30.3 Å². The van der Waals surface area contributed by atoms with Crippen LogP contribution in [0.5, 0.6) is 0 Å². The van der Waals surface area contributed by atoms with Gasteiger partial charge < -0.3 is 20.4 Å². The topological polar surface area (TPSA) is 137 Å². The number of likely N-dealkylation sites (tertiary alicyclic amines) is 1.